The highest BCUT2D eigenvalue weighted by atomic mass is 16.6. The fourth-order valence-corrected chi connectivity index (χ4v) is 6.46. The number of carbonyl (C=O) groups excluding carboxylic acids is 3. The maximum absolute atomic E-state index is 13.7. The van der Waals surface area contributed by atoms with Crippen molar-refractivity contribution < 1.29 is 29.0 Å². The third-order valence-corrected chi connectivity index (χ3v) is 7.96. The molecule has 8 heteroatoms. The van der Waals surface area contributed by atoms with Crippen LogP contribution in [0.4, 0.5) is 5.69 Å². The lowest BCUT2D eigenvalue weighted by Crippen LogP contribution is -2.54. The predicted octanol–water partition coefficient (Wildman–Crippen LogP) is 2.34. The van der Waals surface area contributed by atoms with E-state index in [-0.39, 0.29) is 37.5 Å². The molecule has 3 aliphatic rings. The molecule has 8 nitrogen and oxygen atoms in total. The van der Waals surface area contributed by atoms with Crippen molar-refractivity contribution >= 4 is 34.2 Å². The molecule has 3 aliphatic heterocycles. The van der Waals surface area contributed by atoms with Gasteiger partial charge in [-0.3, -0.25) is 14.4 Å². The molecule has 2 bridgehead atoms. The lowest BCUT2D eigenvalue weighted by molar-refractivity contribution is -0.161. The third-order valence-electron chi connectivity index (χ3n) is 7.96. The van der Waals surface area contributed by atoms with Gasteiger partial charge in [-0.2, -0.15) is 0 Å². The second-order valence-corrected chi connectivity index (χ2v) is 9.76. The first-order chi connectivity index (χ1) is 16.3. The molecular weight excluding hydrogens is 436 g/mol. The van der Waals surface area contributed by atoms with Crippen LogP contribution < -0.4 is 5.32 Å². The van der Waals surface area contributed by atoms with Crippen molar-refractivity contribution in [1.82, 2.24) is 4.90 Å². The maximum atomic E-state index is 13.7. The van der Waals surface area contributed by atoms with Crippen LogP contribution in [-0.2, 0) is 23.9 Å². The summed E-state index contributed by atoms with van der Waals surface area (Å²) < 4.78 is 11.9. The van der Waals surface area contributed by atoms with Gasteiger partial charge in [0.2, 0.25) is 11.8 Å². The number of β-amino-alcohol motifs (C(OH)–C–C–N with tert-alkyl or cyclic N) is 1. The molecule has 2 aromatic carbocycles. The minimum Gasteiger partial charge on any atom is -0.466 e. The molecule has 3 saturated heterocycles. The Labute approximate surface area is 198 Å². The normalized spacial score (nSPS) is 33.9. The minimum atomic E-state index is -1.15. The Morgan fingerprint density at radius 1 is 1.24 bits per heavy atom. The standard InChI is InChI=1S/C26H30N2O6/c1-4-33-24(32)20-19-23(31)28(11-12-29)21(26(19)14-15(2)25(20,3)34-26)22(30)27-18-10-9-16-7-5-6-8-17(16)13-18/h5-10,13,15,19-21,29H,4,11-12,14H2,1-3H3,(H,27,30)/t15?,19-,20+,21?,25-,26?/m0/s1. The van der Waals surface area contributed by atoms with E-state index in [1.807, 2.05) is 56.3 Å². The number of fused-ring (bicyclic) bond motifs is 2. The Hall–Kier alpha value is -2.97. The highest BCUT2D eigenvalue weighted by molar-refractivity contribution is 6.04. The van der Waals surface area contributed by atoms with Gasteiger partial charge in [0.05, 0.1) is 24.7 Å². The molecule has 2 aromatic rings. The van der Waals surface area contributed by atoms with Gasteiger partial charge in [0.25, 0.3) is 0 Å². The number of esters is 1. The summed E-state index contributed by atoms with van der Waals surface area (Å²) in [5.74, 6) is -2.90. The van der Waals surface area contributed by atoms with Crippen LogP contribution in [0.3, 0.4) is 0 Å². The zero-order valence-electron chi connectivity index (χ0n) is 19.6. The molecule has 3 unspecified atom stereocenters. The fourth-order valence-electron chi connectivity index (χ4n) is 6.46. The highest BCUT2D eigenvalue weighted by Gasteiger charge is 2.80. The van der Waals surface area contributed by atoms with Crippen LogP contribution in [-0.4, -0.2) is 64.8 Å². The van der Waals surface area contributed by atoms with Gasteiger partial charge in [-0.1, -0.05) is 37.3 Å². The zero-order valence-corrected chi connectivity index (χ0v) is 19.6. The van der Waals surface area contributed by atoms with Crippen molar-refractivity contribution in [3.8, 4) is 0 Å². The number of hydrogen-bond acceptors (Lipinski definition) is 6. The molecule has 34 heavy (non-hydrogen) atoms. The first-order valence-corrected chi connectivity index (χ1v) is 11.8. The van der Waals surface area contributed by atoms with Crippen molar-refractivity contribution in [2.75, 3.05) is 25.1 Å². The van der Waals surface area contributed by atoms with E-state index in [0.29, 0.717) is 12.1 Å². The number of anilines is 1. The van der Waals surface area contributed by atoms with E-state index in [1.54, 1.807) is 6.92 Å². The molecule has 180 valence electrons. The zero-order chi connectivity index (χ0) is 24.3. The molecule has 3 heterocycles. The minimum absolute atomic E-state index is 0.0170. The van der Waals surface area contributed by atoms with Crippen LogP contribution in [0.1, 0.15) is 27.2 Å². The first-order valence-electron chi connectivity index (χ1n) is 11.8. The molecule has 1 spiro atoms. The number of benzene rings is 2. The molecule has 0 saturated carbocycles. The van der Waals surface area contributed by atoms with Crippen LogP contribution in [0.15, 0.2) is 42.5 Å². The summed E-state index contributed by atoms with van der Waals surface area (Å²) in [6.07, 6.45) is 0.466. The summed E-state index contributed by atoms with van der Waals surface area (Å²) in [6.45, 7) is 5.42. The second kappa shape index (κ2) is 8.06. The number of ether oxygens (including phenoxy) is 2. The summed E-state index contributed by atoms with van der Waals surface area (Å²) in [5, 5.41) is 14.7. The number of aliphatic hydroxyl groups is 1. The lowest BCUT2D eigenvalue weighted by Gasteiger charge is -2.35. The van der Waals surface area contributed by atoms with Gasteiger partial charge in [-0.05, 0) is 49.1 Å². The van der Waals surface area contributed by atoms with E-state index in [1.165, 1.54) is 4.90 Å². The van der Waals surface area contributed by atoms with Crippen LogP contribution >= 0.6 is 0 Å². The van der Waals surface area contributed by atoms with E-state index in [4.69, 9.17) is 9.47 Å². The monoisotopic (exact) mass is 466 g/mol. The number of hydrogen-bond donors (Lipinski definition) is 2. The smallest absolute Gasteiger partial charge is 0.312 e. The molecule has 6 atom stereocenters. The van der Waals surface area contributed by atoms with Gasteiger partial charge in [0.15, 0.2) is 0 Å². The molecule has 3 fully saturated rings. The average molecular weight is 467 g/mol. The van der Waals surface area contributed by atoms with Crippen molar-refractivity contribution in [3.05, 3.63) is 42.5 Å². The topological polar surface area (TPSA) is 105 Å². The Bertz CT molecular complexity index is 1170. The number of nitrogens with one attached hydrogen (secondary N) is 1. The Morgan fingerprint density at radius 2 is 1.97 bits per heavy atom. The molecule has 0 aromatic heterocycles. The number of rotatable bonds is 6. The number of carbonyl (C=O) groups is 3. The van der Waals surface area contributed by atoms with Crippen LogP contribution in [0.2, 0.25) is 0 Å². The molecule has 2 N–H and O–H groups in total. The van der Waals surface area contributed by atoms with Crippen LogP contribution in [0.5, 0.6) is 0 Å². The molecule has 5 rings (SSSR count). The molecular formula is C26H30N2O6. The van der Waals surface area contributed by atoms with E-state index in [0.717, 1.165) is 10.8 Å². The Morgan fingerprint density at radius 3 is 2.68 bits per heavy atom. The van der Waals surface area contributed by atoms with Gasteiger partial charge in [-0.15, -0.1) is 0 Å². The third kappa shape index (κ3) is 3.08. The maximum Gasteiger partial charge on any atom is 0.312 e. The van der Waals surface area contributed by atoms with E-state index >= 15 is 0 Å². The highest BCUT2D eigenvalue weighted by Crippen LogP contribution is 2.65. The summed E-state index contributed by atoms with van der Waals surface area (Å²) in [5.41, 5.74) is -1.45. The van der Waals surface area contributed by atoms with Gasteiger partial charge >= 0.3 is 5.97 Å². The van der Waals surface area contributed by atoms with E-state index < -0.39 is 35.0 Å². The van der Waals surface area contributed by atoms with Gasteiger partial charge in [-0.25, -0.2) is 0 Å². The van der Waals surface area contributed by atoms with Gasteiger partial charge in [0.1, 0.15) is 17.6 Å². The number of amides is 2. The van der Waals surface area contributed by atoms with Gasteiger partial charge < -0.3 is 24.8 Å². The van der Waals surface area contributed by atoms with Crippen LogP contribution in [0.25, 0.3) is 10.8 Å². The van der Waals surface area contributed by atoms with Crippen LogP contribution in [0, 0.1) is 17.8 Å². The van der Waals surface area contributed by atoms with Gasteiger partial charge in [0, 0.05) is 12.2 Å². The van der Waals surface area contributed by atoms with Crippen molar-refractivity contribution in [1.29, 1.82) is 0 Å². The first kappa shape index (κ1) is 22.8. The average Bonchev–Trinajstić information content (AvgIpc) is 3.31. The molecule has 0 aliphatic carbocycles. The number of aliphatic hydroxyl groups excluding tert-OH is 1. The molecule has 0 radical (unpaired) electrons. The number of nitrogens with zero attached hydrogens (tertiary/aromatic N) is 1. The summed E-state index contributed by atoms with van der Waals surface area (Å²) in [7, 11) is 0. The summed E-state index contributed by atoms with van der Waals surface area (Å²) in [6, 6.07) is 12.5. The van der Waals surface area contributed by atoms with Crippen molar-refractivity contribution in [2.45, 2.75) is 44.4 Å². The lowest BCUT2D eigenvalue weighted by atomic mass is 9.62. The van der Waals surface area contributed by atoms with Crippen molar-refractivity contribution in [3.63, 3.8) is 0 Å². The summed E-state index contributed by atoms with van der Waals surface area (Å²) in [4.78, 5) is 41.7. The molecule has 2 amide bonds. The predicted molar refractivity (Wildman–Crippen MR) is 125 cm³/mol. The largest absolute Gasteiger partial charge is 0.466 e. The van der Waals surface area contributed by atoms with E-state index in [2.05, 4.69) is 5.32 Å². The quantitative estimate of drug-likeness (QED) is 0.634. The van der Waals surface area contributed by atoms with E-state index in [9.17, 15) is 19.5 Å². The SMILES string of the molecule is CCOC(=O)[C@H]1[C@H]2C(=O)N(CCO)C(C(=O)Nc3ccc4ccccc4c3)C23CC(C)[C@]1(C)O3. The Kier molecular flexibility index (Phi) is 5.41. The second-order valence-electron chi connectivity index (χ2n) is 9.76. The summed E-state index contributed by atoms with van der Waals surface area (Å²) >= 11 is 0. The Balaban J connectivity index is 1.53. The number of likely N-dealkylation sites (tertiary alicyclic amines) is 1. The fraction of sp³-hybridized carbons (Fsp3) is 0.500. The van der Waals surface area contributed by atoms with Crippen molar-refractivity contribution in [2.24, 2.45) is 17.8 Å².